The third kappa shape index (κ3) is 0.859. The maximum absolute atomic E-state index is 3.57. The molecule has 0 bridgehead atoms. The second-order valence-corrected chi connectivity index (χ2v) is 4.49. The van der Waals surface area contributed by atoms with Gasteiger partial charge in [-0.3, -0.25) is 4.90 Å². The first kappa shape index (κ1) is 6.44. The molecule has 2 saturated heterocycles. The molecule has 3 aliphatic rings. The van der Waals surface area contributed by atoms with Crippen molar-refractivity contribution in [3.05, 3.63) is 0 Å². The Morgan fingerprint density at radius 3 is 3.18 bits per heavy atom. The fourth-order valence-electron chi connectivity index (χ4n) is 2.89. The van der Waals surface area contributed by atoms with Crippen LogP contribution in [0.1, 0.15) is 13.3 Å². The number of nitrogens with one attached hydrogen (secondary N) is 1. The summed E-state index contributed by atoms with van der Waals surface area (Å²) < 4.78 is 0. The first-order valence-corrected chi connectivity index (χ1v) is 4.82. The Morgan fingerprint density at radius 1 is 1.36 bits per heavy atom. The molecular weight excluding hydrogens is 136 g/mol. The zero-order chi connectivity index (χ0) is 7.42. The minimum atomic E-state index is 0.726. The van der Waals surface area contributed by atoms with E-state index in [2.05, 4.69) is 17.1 Å². The van der Waals surface area contributed by atoms with Crippen LogP contribution in [-0.4, -0.2) is 36.6 Å². The van der Waals surface area contributed by atoms with Crippen molar-refractivity contribution < 1.29 is 0 Å². The molecule has 62 valence electrons. The van der Waals surface area contributed by atoms with Crippen LogP contribution in [0.2, 0.25) is 0 Å². The molecule has 2 heteroatoms. The lowest BCUT2D eigenvalue weighted by molar-refractivity contribution is 0.154. The summed E-state index contributed by atoms with van der Waals surface area (Å²) in [6.07, 6.45) is 1.53. The molecule has 4 unspecified atom stereocenters. The molecule has 0 aromatic heterocycles. The molecule has 0 spiro atoms. The van der Waals surface area contributed by atoms with Crippen LogP contribution in [0.5, 0.6) is 0 Å². The lowest BCUT2D eigenvalue weighted by atomic mass is 10.1. The van der Waals surface area contributed by atoms with Gasteiger partial charge in [0.05, 0.1) is 0 Å². The van der Waals surface area contributed by atoms with Crippen molar-refractivity contribution in [3.8, 4) is 0 Å². The standard InChI is InChI=1S/C9H16N2/c1-6-4-11-5-7-2-8(7)9(11)3-10-6/h6-10H,2-5H2,1H3. The second-order valence-electron chi connectivity index (χ2n) is 4.49. The average molecular weight is 152 g/mol. The quantitative estimate of drug-likeness (QED) is 0.537. The van der Waals surface area contributed by atoms with Gasteiger partial charge in [-0.15, -0.1) is 0 Å². The average Bonchev–Trinajstić information content (AvgIpc) is 2.63. The van der Waals surface area contributed by atoms with Crippen molar-refractivity contribution >= 4 is 0 Å². The Hall–Kier alpha value is -0.0800. The number of nitrogens with zero attached hydrogens (tertiary/aromatic N) is 1. The summed E-state index contributed by atoms with van der Waals surface area (Å²) in [6.45, 7) is 6.24. The summed E-state index contributed by atoms with van der Waals surface area (Å²) in [4.78, 5) is 2.69. The molecule has 3 rings (SSSR count). The van der Waals surface area contributed by atoms with Crippen molar-refractivity contribution in [1.82, 2.24) is 10.2 Å². The normalized spacial score (nSPS) is 55.4. The van der Waals surface area contributed by atoms with Crippen molar-refractivity contribution in [2.45, 2.75) is 25.4 Å². The zero-order valence-corrected chi connectivity index (χ0v) is 7.09. The maximum atomic E-state index is 3.57. The van der Waals surface area contributed by atoms with Gasteiger partial charge in [-0.05, 0) is 25.2 Å². The molecular formula is C9H16N2. The molecule has 3 fully saturated rings. The summed E-state index contributed by atoms with van der Waals surface area (Å²) in [7, 11) is 0. The highest BCUT2D eigenvalue weighted by atomic mass is 15.3. The van der Waals surface area contributed by atoms with E-state index in [1.165, 1.54) is 26.1 Å². The Morgan fingerprint density at radius 2 is 2.27 bits per heavy atom. The number of rotatable bonds is 0. The highest BCUT2D eigenvalue weighted by Crippen LogP contribution is 2.49. The minimum Gasteiger partial charge on any atom is -0.311 e. The van der Waals surface area contributed by atoms with Crippen LogP contribution in [0.4, 0.5) is 0 Å². The number of hydrogen-bond acceptors (Lipinski definition) is 2. The first-order chi connectivity index (χ1) is 5.34. The number of hydrogen-bond donors (Lipinski definition) is 1. The van der Waals surface area contributed by atoms with Gasteiger partial charge in [0.2, 0.25) is 0 Å². The van der Waals surface area contributed by atoms with Gasteiger partial charge < -0.3 is 5.32 Å². The molecule has 0 amide bonds. The van der Waals surface area contributed by atoms with Crippen molar-refractivity contribution in [2.75, 3.05) is 19.6 Å². The van der Waals surface area contributed by atoms with Gasteiger partial charge in [-0.1, -0.05) is 0 Å². The predicted molar refractivity (Wildman–Crippen MR) is 44.4 cm³/mol. The number of fused-ring (bicyclic) bond motifs is 3. The van der Waals surface area contributed by atoms with Crippen LogP contribution in [0.15, 0.2) is 0 Å². The summed E-state index contributed by atoms with van der Waals surface area (Å²) in [5.41, 5.74) is 0. The molecule has 0 radical (unpaired) electrons. The smallest absolute Gasteiger partial charge is 0.0252 e. The van der Waals surface area contributed by atoms with E-state index in [4.69, 9.17) is 0 Å². The fourth-order valence-corrected chi connectivity index (χ4v) is 2.89. The van der Waals surface area contributed by atoms with Gasteiger partial charge in [0, 0.05) is 31.7 Å². The van der Waals surface area contributed by atoms with Crippen LogP contribution >= 0.6 is 0 Å². The van der Waals surface area contributed by atoms with Gasteiger partial charge in [0.1, 0.15) is 0 Å². The SMILES string of the molecule is CC1CN2CC3CC3C2CN1. The Labute approximate surface area is 68.0 Å². The van der Waals surface area contributed by atoms with E-state index in [9.17, 15) is 0 Å². The maximum Gasteiger partial charge on any atom is 0.0252 e. The molecule has 1 N–H and O–H groups in total. The third-order valence-corrected chi connectivity index (χ3v) is 3.59. The van der Waals surface area contributed by atoms with Crippen molar-refractivity contribution in [1.29, 1.82) is 0 Å². The Balaban J connectivity index is 1.75. The third-order valence-electron chi connectivity index (χ3n) is 3.59. The monoisotopic (exact) mass is 152 g/mol. The molecule has 2 heterocycles. The number of piperidine rings is 1. The van der Waals surface area contributed by atoms with Gasteiger partial charge in [0.15, 0.2) is 0 Å². The van der Waals surface area contributed by atoms with Crippen molar-refractivity contribution in [2.24, 2.45) is 11.8 Å². The lowest BCUT2D eigenvalue weighted by Crippen LogP contribution is -2.54. The largest absolute Gasteiger partial charge is 0.311 e. The van der Waals surface area contributed by atoms with Gasteiger partial charge in [-0.2, -0.15) is 0 Å². The van der Waals surface area contributed by atoms with Crippen molar-refractivity contribution in [3.63, 3.8) is 0 Å². The molecule has 2 aliphatic heterocycles. The van der Waals surface area contributed by atoms with E-state index in [1.807, 2.05) is 0 Å². The first-order valence-electron chi connectivity index (χ1n) is 4.82. The Kier molecular flexibility index (Phi) is 1.16. The fraction of sp³-hybridized carbons (Fsp3) is 1.00. The van der Waals surface area contributed by atoms with Crippen LogP contribution in [0.25, 0.3) is 0 Å². The minimum absolute atomic E-state index is 0.726. The van der Waals surface area contributed by atoms with Crippen LogP contribution in [-0.2, 0) is 0 Å². The van der Waals surface area contributed by atoms with E-state index in [1.54, 1.807) is 0 Å². The molecule has 11 heavy (non-hydrogen) atoms. The highest BCUT2D eigenvalue weighted by molar-refractivity contribution is 5.07. The van der Waals surface area contributed by atoms with E-state index in [0.29, 0.717) is 0 Å². The highest BCUT2D eigenvalue weighted by Gasteiger charge is 2.53. The van der Waals surface area contributed by atoms with E-state index in [-0.39, 0.29) is 0 Å². The number of piperazine rings is 1. The molecule has 0 aromatic carbocycles. The summed E-state index contributed by atoms with van der Waals surface area (Å²) in [5, 5.41) is 3.57. The van der Waals surface area contributed by atoms with Gasteiger partial charge in [0.25, 0.3) is 0 Å². The van der Waals surface area contributed by atoms with Gasteiger partial charge >= 0.3 is 0 Å². The second kappa shape index (κ2) is 1.99. The summed E-state index contributed by atoms with van der Waals surface area (Å²) in [5.74, 6) is 2.17. The van der Waals surface area contributed by atoms with Crippen LogP contribution < -0.4 is 5.32 Å². The van der Waals surface area contributed by atoms with E-state index in [0.717, 1.165) is 23.9 Å². The van der Waals surface area contributed by atoms with E-state index >= 15 is 0 Å². The Bertz CT molecular complexity index is 180. The molecule has 4 atom stereocenters. The van der Waals surface area contributed by atoms with E-state index < -0.39 is 0 Å². The molecule has 1 saturated carbocycles. The van der Waals surface area contributed by atoms with Crippen LogP contribution in [0, 0.1) is 11.8 Å². The molecule has 1 aliphatic carbocycles. The molecule has 2 nitrogen and oxygen atoms in total. The van der Waals surface area contributed by atoms with Gasteiger partial charge in [-0.25, -0.2) is 0 Å². The predicted octanol–water partition coefficient (Wildman–Crippen LogP) is 0.298. The van der Waals surface area contributed by atoms with Crippen LogP contribution in [0.3, 0.4) is 0 Å². The zero-order valence-electron chi connectivity index (χ0n) is 7.09. The lowest BCUT2D eigenvalue weighted by Gasteiger charge is -2.36. The summed E-state index contributed by atoms with van der Waals surface area (Å²) in [6, 6.07) is 1.64. The topological polar surface area (TPSA) is 15.3 Å². The molecule has 0 aromatic rings. The summed E-state index contributed by atoms with van der Waals surface area (Å²) >= 11 is 0.